The Morgan fingerprint density at radius 2 is 2.10 bits per heavy atom. The molecule has 2 aliphatic rings. The van der Waals surface area contributed by atoms with Gasteiger partial charge in [-0.1, -0.05) is 31.0 Å². The lowest BCUT2D eigenvalue weighted by molar-refractivity contribution is -0.133. The number of carbonyl (C=O) groups excluding carboxylic acids is 1. The summed E-state index contributed by atoms with van der Waals surface area (Å²) in [6, 6.07) is 6.69. The van der Waals surface area contributed by atoms with Crippen molar-refractivity contribution in [3.8, 4) is 17.5 Å². The van der Waals surface area contributed by atoms with Crippen LogP contribution in [0.3, 0.4) is 0 Å². The molecule has 0 spiro atoms. The van der Waals surface area contributed by atoms with Gasteiger partial charge in [0, 0.05) is 31.0 Å². The number of aromatic nitrogens is 4. The van der Waals surface area contributed by atoms with Gasteiger partial charge in [-0.25, -0.2) is 0 Å². The lowest BCUT2D eigenvalue weighted by Crippen LogP contribution is -2.52. The van der Waals surface area contributed by atoms with E-state index in [0.29, 0.717) is 6.04 Å². The number of carbonyl (C=O) groups is 1. The standard InChI is InChI=1S/C21H26N6OS/c1-15(19(28)26(2)21(14-22)10-4-3-5-11-21)29-20-25-24-18(27(20)17-8-9-17)16-7-6-12-23-13-16/h6-7,12-13,15,17H,3-5,8-11H2,1-2H3/t15-/m1/s1. The smallest absolute Gasteiger partial charge is 0.236 e. The molecule has 8 heteroatoms. The average molecular weight is 411 g/mol. The molecule has 1 amide bonds. The average Bonchev–Trinajstić information content (AvgIpc) is 3.53. The predicted octanol–water partition coefficient (Wildman–Crippen LogP) is 3.84. The lowest BCUT2D eigenvalue weighted by atomic mass is 9.81. The summed E-state index contributed by atoms with van der Waals surface area (Å²) in [6.07, 6.45) is 10.4. The van der Waals surface area contributed by atoms with E-state index in [2.05, 4.69) is 25.8 Å². The summed E-state index contributed by atoms with van der Waals surface area (Å²) in [5.41, 5.74) is 0.260. The van der Waals surface area contributed by atoms with Crippen molar-refractivity contribution in [2.24, 2.45) is 0 Å². The second kappa shape index (κ2) is 8.15. The molecule has 0 radical (unpaired) electrons. The van der Waals surface area contributed by atoms with Gasteiger partial charge in [0.25, 0.3) is 0 Å². The van der Waals surface area contributed by atoms with Crippen LogP contribution >= 0.6 is 11.8 Å². The maximum Gasteiger partial charge on any atom is 0.236 e. The number of hydrogen-bond donors (Lipinski definition) is 0. The van der Waals surface area contributed by atoms with Crippen molar-refractivity contribution in [1.82, 2.24) is 24.6 Å². The fourth-order valence-electron chi connectivity index (χ4n) is 4.06. The molecule has 0 aliphatic heterocycles. The zero-order valence-corrected chi connectivity index (χ0v) is 17.7. The van der Waals surface area contributed by atoms with Gasteiger partial charge in [0.05, 0.1) is 11.3 Å². The summed E-state index contributed by atoms with van der Waals surface area (Å²) in [7, 11) is 1.78. The van der Waals surface area contributed by atoms with Gasteiger partial charge in [-0.05, 0) is 44.7 Å². The number of thioether (sulfide) groups is 1. The first-order chi connectivity index (χ1) is 14.1. The zero-order chi connectivity index (χ0) is 20.4. The van der Waals surface area contributed by atoms with Crippen LogP contribution in [0.15, 0.2) is 29.7 Å². The number of pyridine rings is 1. The third-order valence-electron chi connectivity index (χ3n) is 5.99. The Balaban J connectivity index is 1.54. The van der Waals surface area contributed by atoms with E-state index < -0.39 is 5.54 Å². The zero-order valence-electron chi connectivity index (χ0n) is 16.9. The van der Waals surface area contributed by atoms with Crippen molar-refractivity contribution in [3.63, 3.8) is 0 Å². The number of nitriles is 1. The second-order valence-electron chi connectivity index (χ2n) is 8.01. The van der Waals surface area contributed by atoms with E-state index in [-0.39, 0.29) is 11.2 Å². The van der Waals surface area contributed by atoms with E-state index in [1.54, 1.807) is 24.3 Å². The van der Waals surface area contributed by atoms with Gasteiger partial charge in [-0.3, -0.25) is 14.3 Å². The van der Waals surface area contributed by atoms with Gasteiger partial charge in [0.15, 0.2) is 11.0 Å². The predicted molar refractivity (Wildman–Crippen MR) is 111 cm³/mol. The molecule has 2 fully saturated rings. The molecule has 29 heavy (non-hydrogen) atoms. The molecule has 2 aliphatic carbocycles. The Labute approximate surface area is 175 Å². The Bertz CT molecular complexity index is 911. The summed E-state index contributed by atoms with van der Waals surface area (Å²) in [6.45, 7) is 1.90. The van der Waals surface area contributed by atoms with Crippen LogP contribution in [-0.2, 0) is 4.79 Å². The summed E-state index contributed by atoms with van der Waals surface area (Å²) < 4.78 is 2.14. The Morgan fingerprint density at radius 3 is 2.72 bits per heavy atom. The molecule has 0 unspecified atom stereocenters. The maximum absolute atomic E-state index is 13.2. The van der Waals surface area contributed by atoms with Crippen LogP contribution in [0.2, 0.25) is 0 Å². The first kappa shape index (κ1) is 19.9. The van der Waals surface area contributed by atoms with Crippen molar-refractivity contribution < 1.29 is 4.79 Å². The second-order valence-corrected chi connectivity index (χ2v) is 9.32. The highest BCUT2D eigenvalue weighted by molar-refractivity contribution is 8.00. The van der Waals surface area contributed by atoms with E-state index >= 15 is 0 Å². The molecule has 2 heterocycles. The molecule has 2 saturated carbocycles. The minimum Gasteiger partial charge on any atom is -0.326 e. The monoisotopic (exact) mass is 410 g/mol. The van der Waals surface area contributed by atoms with Crippen LogP contribution in [-0.4, -0.2) is 48.4 Å². The van der Waals surface area contributed by atoms with Crippen LogP contribution in [0, 0.1) is 11.3 Å². The molecule has 152 valence electrons. The molecule has 2 aromatic rings. The van der Waals surface area contributed by atoms with Crippen molar-refractivity contribution in [3.05, 3.63) is 24.5 Å². The topological polar surface area (TPSA) is 87.7 Å². The summed E-state index contributed by atoms with van der Waals surface area (Å²) in [5.74, 6) is 0.781. The first-order valence-corrected chi connectivity index (χ1v) is 11.1. The van der Waals surface area contributed by atoms with E-state index in [9.17, 15) is 10.1 Å². The molecule has 0 bridgehead atoms. The van der Waals surface area contributed by atoms with Crippen molar-refractivity contribution in [1.29, 1.82) is 5.26 Å². The fourth-order valence-corrected chi connectivity index (χ4v) is 5.07. The molecule has 0 aromatic carbocycles. The van der Waals surface area contributed by atoms with E-state index in [1.165, 1.54) is 11.8 Å². The van der Waals surface area contributed by atoms with Crippen molar-refractivity contribution in [2.45, 2.75) is 73.9 Å². The molecular formula is C21H26N6OS. The third kappa shape index (κ3) is 3.88. The molecule has 0 saturated heterocycles. The van der Waals surface area contributed by atoms with E-state index in [0.717, 1.165) is 61.5 Å². The quantitative estimate of drug-likeness (QED) is 0.672. The maximum atomic E-state index is 13.2. The van der Waals surface area contributed by atoms with Crippen LogP contribution < -0.4 is 0 Å². The summed E-state index contributed by atoms with van der Waals surface area (Å²) in [4.78, 5) is 19.0. The van der Waals surface area contributed by atoms with Crippen LogP contribution in [0.4, 0.5) is 0 Å². The summed E-state index contributed by atoms with van der Waals surface area (Å²) >= 11 is 1.43. The lowest BCUT2D eigenvalue weighted by Gasteiger charge is -2.40. The molecule has 2 aromatic heterocycles. The number of hydrogen-bond acceptors (Lipinski definition) is 6. The van der Waals surface area contributed by atoms with Crippen LogP contribution in [0.5, 0.6) is 0 Å². The van der Waals surface area contributed by atoms with Crippen LogP contribution in [0.1, 0.15) is 57.9 Å². The molecule has 7 nitrogen and oxygen atoms in total. The normalized spacial score (nSPS) is 19.3. The Kier molecular flexibility index (Phi) is 5.59. The van der Waals surface area contributed by atoms with E-state index in [1.807, 2.05) is 19.1 Å². The molecular weight excluding hydrogens is 384 g/mol. The van der Waals surface area contributed by atoms with E-state index in [4.69, 9.17) is 0 Å². The summed E-state index contributed by atoms with van der Waals surface area (Å²) in [5, 5.41) is 19.0. The number of rotatable bonds is 6. The van der Waals surface area contributed by atoms with Crippen molar-refractivity contribution in [2.75, 3.05) is 7.05 Å². The molecule has 0 N–H and O–H groups in total. The molecule has 4 rings (SSSR count). The minimum absolute atomic E-state index is 0.0216. The van der Waals surface area contributed by atoms with Gasteiger partial charge < -0.3 is 4.90 Å². The highest BCUT2D eigenvalue weighted by atomic mass is 32.2. The van der Waals surface area contributed by atoms with Gasteiger partial charge in [-0.15, -0.1) is 10.2 Å². The van der Waals surface area contributed by atoms with Crippen molar-refractivity contribution >= 4 is 17.7 Å². The van der Waals surface area contributed by atoms with Gasteiger partial charge >= 0.3 is 0 Å². The highest BCUT2D eigenvalue weighted by Crippen LogP contribution is 2.42. The number of amides is 1. The minimum atomic E-state index is -0.671. The SMILES string of the molecule is C[C@@H](Sc1nnc(-c2cccnc2)n1C1CC1)C(=O)N(C)C1(C#N)CCCCC1. The third-order valence-corrected chi connectivity index (χ3v) is 7.03. The first-order valence-electron chi connectivity index (χ1n) is 10.3. The van der Waals surface area contributed by atoms with Gasteiger partial charge in [-0.2, -0.15) is 5.26 Å². The van der Waals surface area contributed by atoms with Gasteiger partial charge in [0.2, 0.25) is 5.91 Å². The highest BCUT2D eigenvalue weighted by Gasteiger charge is 2.41. The Morgan fingerprint density at radius 1 is 1.34 bits per heavy atom. The van der Waals surface area contributed by atoms with Crippen LogP contribution in [0.25, 0.3) is 11.4 Å². The Hall–Kier alpha value is -2.40. The fraction of sp³-hybridized carbons (Fsp3) is 0.571. The molecule has 1 atom stereocenters. The number of nitrogens with zero attached hydrogens (tertiary/aromatic N) is 6. The largest absolute Gasteiger partial charge is 0.326 e. The van der Waals surface area contributed by atoms with Gasteiger partial charge in [0.1, 0.15) is 5.54 Å².